The number of carbonyl (C=O) groups excluding carboxylic acids is 2. The fourth-order valence-corrected chi connectivity index (χ4v) is 4.21. The summed E-state index contributed by atoms with van der Waals surface area (Å²) >= 11 is 0. The Morgan fingerprint density at radius 2 is 1.67 bits per heavy atom. The summed E-state index contributed by atoms with van der Waals surface area (Å²) in [5.74, 6) is 0.627. The summed E-state index contributed by atoms with van der Waals surface area (Å²) in [4.78, 5) is 29.4. The van der Waals surface area contributed by atoms with Gasteiger partial charge in [0.05, 0.1) is 12.7 Å². The van der Waals surface area contributed by atoms with Gasteiger partial charge >= 0.3 is 6.03 Å². The molecule has 0 unspecified atom stereocenters. The minimum Gasteiger partial charge on any atom is -0.496 e. The number of rotatable bonds is 3. The van der Waals surface area contributed by atoms with E-state index in [-0.39, 0.29) is 11.9 Å². The molecular formula is C21H31N3O3. The number of methoxy groups -OCH3 is 1. The number of benzene rings is 1. The zero-order valence-corrected chi connectivity index (χ0v) is 16.7. The van der Waals surface area contributed by atoms with E-state index >= 15 is 0 Å². The first-order chi connectivity index (χ1) is 13.0. The van der Waals surface area contributed by atoms with Crippen LogP contribution in [0.3, 0.4) is 0 Å². The van der Waals surface area contributed by atoms with Crippen molar-refractivity contribution in [2.45, 2.75) is 52.0 Å². The molecular weight excluding hydrogens is 342 g/mol. The Morgan fingerprint density at radius 1 is 1.00 bits per heavy atom. The van der Waals surface area contributed by atoms with E-state index in [1.54, 1.807) is 7.11 Å². The smallest absolute Gasteiger partial charge is 0.317 e. The third-order valence-electron chi connectivity index (χ3n) is 5.61. The van der Waals surface area contributed by atoms with Crippen LogP contribution in [0.2, 0.25) is 0 Å². The first-order valence-corrected chi connectivity index (χ1v) is 9.99. The van der Waals surface area contributed by atoms with Crippen LogP contribution in [0.1, 0.15) is 53.6 Å². The summed E-state index contributed by atoms with van der Waals surface area (Å²) in [5.41, 5.74) is 2.62. The molecule has 6 nitrogen and oxygen atoms in total. The van der Waals surface area contributed by atoms with E-state index in [4.69, 9.17) is 4.74 Å². The molecule has 0 bridgehead atoms. The van der Waals surface area contributed by atoms with E-state index in [0.717, 1.165) is 30.4 Å². The summed E-state index contributed by atoms with van der Waals surface area (Å²) in [6.45, 7) is 6.40. The van der Waals surface area contributed by atoms with Gasteiger partial charge < -0.3 is 19.9 Å². The predicted octanol–water partition coefficient (Wildman–Crippen LogP) is 3.11. The van der Waals surface area contributed by atoms with Crippen LogP contribution >= 0.6 is 0 Å². The minimum atomic E-state index is -0.0169. The topological polar surface area (TPSA) is 61.9 Å². The lowest BCUT2D eigenvalue weighted by Crippen LogP contribution is -2.45. The van der Waals surface area contributed by atoms with Crippen molar-refractivity contribution in [3.8, 4) is 5.75 Å². The van der Waals surface area contributed by atoms with Gasteiger partial charge in [-0.05, 0) is 50.3 Å². The van der Waals surface area contributed by atoms with Gasteiger partial charge in [0, 0.05) is 32.2 Å². The van der Waals surface area contributed by atoms with Gasteiger partial charge in [0.25, 0.3) is 5.91 Å². The molecule has 2 fully saturated rings. The van der Waals surface area contributed by atoms with Crippen molar-refractivity contribution in [2.75, 3.05) is 33.3 Å². The number of amides is 3. The maximum atomic E-state index is 13.1. The SMILES string of the molecule is COc1c(C)cc(C)cc1C(=O)N1CCCN(C(=O)NC2CCCC2)CC1. The first kappa shape index (κ1) is 19.5. The monoisotopic (exact) mass is 373 g/mol. The second-order valence-electron chi connectivity index (χ2n) is 7.73. The third-order valence-corrected chi connectivity index (χ3v) is 5.61. The van der Waals surface area contributed by atoms with Crippen LogP contribution in [0.25, 0.3) is 0 Å². The van der Waals surface area contributed by atoms with E-state index < -0.39 is 0 Å². The second kappa shape index (κ2) is 8.63. The first-order valence-electron chi connectivity index (χ1n) is 9.99. The van der Waals surface area contributed by atoms with Gasteiger partial charge in [0.15, 0.2) is 0 Å². The number of carbonyl (C=O) groups is 2. The van der Waals surface area contributed by atoms with Crippen LogP contribution < -0.4 is 10.1 Å². The van der Waals surface area contributed by atoms with Crippen molar-refractivity contribution >= 4 is 11.9 Å². The number of nitrogens with zero attached hydrogens (tertiary/aromatic N) is 2. The Labute approximate surface area is 161 Å². The molecule has 1 aliphatic carbocycles. The lowest BCUT2D eigenvalue weighted by atomic mass is 10.0. The molecule has 3 rings (SSSR count). The van der Waals surface area contributed by atoms with E-state index in [2.05, 4.69) is 5.32 Å². The van der Waals surface area contributed by atoms with Crippen LogP contribution in [0.4, 0.5) is 4.79 Å². The highest BCUT2D eigenvalue weighted by Gasteiger charge is 2.26. The highest BCUT2D eigenvalue weighted by molar-refractivity contribution is 5.97. The summed E-state index contributed by atoms with van der Waals surface area (Å²) in [6, 6.07) is 4.25. The van der Waals surface area contributed by atoms with Crippen molar-refractivity contribution in [3.05, 3.63) is 28.8 Å². The Kier molecular flexibility index (Phi) is 6.24. The number of aryl methyl sites for hydroxylation is 2. The molecule has 148 valence electrons. The summed E-state index contributed by atoms with van der Waals surface area (Å²) in [6.07, 6.45) is 5.35. The van der Waals surface area contributed by atoms with E-state index in [0.29, 0.717) is 43.5 Å². The molecule has 3 amide bonds. The lowest BCUT2D eigenvalue weighted by molar-refractivity contribution is 0.0758. The number of nitrogens with one attached hydrogen (secondary N) is 1. The number of urea groups is 1. The average Bonchev–Trinajstić information content (AvgIpc) is 3.01. The maximum Gasteiger partial charge on any atom is 0.317 e. The van der Waals surface area contributed by atoms with Crippen molar-refractivity contribution < 1.29 is 14.3 Å². The standard InChI is InChI=1S/C21H31N3O3/c1-15-13-16(2)19(27-3)18(14-15)20(25)23-9-6-10-24(12-11-23)21(26)22-17-7-4-5-8-17/h13-14,17H,4-12H2,1-3H3,(H,22,26). The summed E-state index contributed by atoms with van der Waals surface area (Å²) in [7, 11) is 1.60. The Morgan fingerprint density at radius 3 is 2.37 bits per heavy atom. The molecule has 6 heteroatoms. The van der Waals surface area contributed by atoms with Gasteiger partial charge in [-0.2, -0.15) is 0 Å². The van der Waals surface area contributed by atoms with Gasteiger partial charge in [-0.15, -0.1) is 0 Å². The molecule has 1 heterocycles. The van der Waals surface area contributed by atoms with Gasteiger partial charge in [-0.3, -0.25) is 4.79 Å². The zero-order chi connectivity index (χ0) is 19.4. The van der Waals surface area contributed by atoms with Crippen molar-refractivity contribution in [3.63, 3.8) is 0 Å². The molecule has 1 saturated carbocycles. The fraction of sp³-hybridized carbons (Fsp3) is 0.619. The quantitative estimate of drug-likeness (QED) is 0.886. The van der Waals surface area contributed by atoms with Crippen LogP contribution in [0.5, 0.6) is 5.75 Å². The predicted molar refractivity (Wildman–Crippen MR) is 105 cm³/mol. The van der Waals surface area contributed by atoms with Gasteiger partial charge in [-0.1, -0.05) is 18.9 Å². The Bertz CT molecular complexity index is 698. The molecule has 1 aromatic rings. The van der Waals surface area contributed by atoms with Gasteiger partial charge in [0.2, 0.25) is 0 Å². The van der Waals surface area contributed by atoms with Gasteiger partial charge in [-0.25, -0.2) is 4.79 Å². The number of ether oxygens (including phenoxy) is 1. The van der Waals surface area contributed by atoms with Crippen LogP contribution in [-0.2, 0) is 0 Å². The molecule has 1 saturated heterocycles. The zero-order valence-electron chi connectivity index (χ0n) is 16.7. The van der Waals surface area contributed by atoms with E-state index in [1.165, 1.54) is 12.8 Å². The average molecular weight is 373 g/mol. The lowest BCUT2D eigenvalue weighted by Gasteiger charge is -2.24. The summed E-state index contributed by atoms with van der Waals surface area (Å²) < 4.78 is 5.49. The molecule has 27 heavy (non-hydrogen) atoms. The molecule has 0 spiro atoms. The van der Waals surface area contributed by atoms with Crippen molar-refractivity contribution in [2.24, 2.45) is 0 Å². The molecule has 2 aliphatic rings. The van der Waals surface area contributed by atoms with E-state index in [9.17, 15) is 9.59 Å². The molecule has 1 N–H and O–H groups in total. The van der Waals surface area contributed by atoms with E-state index in [1.807, 2.05) is 35.8 Å². The van der Waals surface area contributed by atoms with Crippen molar-refractivity contribution in [1.29, 1.82) is 0 Å². The molecule has 1 aliphatic heterocycles. The fourth-order valence-electron chi connectivity index (χ4n) is 4.21. The van der Waals surface area contributed by atoms with Crippen molar-refractivity contribution in [1.82, 2.24) is 15.1 Å². The van der Waals surface area contributed by atoms with Crippen LogP contribution in [0.15, 0.2) is 12.1 Å². The molecule has 0 atom stereocenters. The maximum absolute atomic E-state index is 13.1. The largest absolute Gasteiger partial charge is 0.496 e. The molecule has 0 aromatic heterocycles. The van der Waals surface area contributed by atoms with Gasteiger partial charge in [0.1, 0.15) is 5.75 Å². The third kappa shape index (κ3) is 4.54. The van der Waals surface area contributed by atoms with Crippen LogP contribution in [-0.4, -0.2) is 61.1 Å². The number of hydrogen-bond acceptors (Lipinski definition) is 3. The Balaban J connectivity index is 1.65. The minimum absolute atomic E-state index is 0.0141. The number of hydrogen-bond donors (Lipinski definition) is 1. The highest BCUT2D eigenvalue weighted by atomic mass is 16.5. The summed E-state index contributed by atoms with van der Waals surface area (Å²) in [5, 5.41) is 3.15. The second-order valence-corrected chi connectivity index (χ2v) is 7.73. The molecule has 0 radical (unpaired) electrons. The normalized spacial score (nSPS) is 18.3. The highest BCUT2D eigenvalue weighted by Crippen LogP contribution is 2.27. The Hall–Kier alpha value is -2.24. The van der Waals surface area contributed by atoms with Crippen LogP contribution in [0, 0.1) is 13.8 Å². The molecule has 1 aromatic carbocycles.